The van der Waals surface area contributed by atoms with E-state index in [-0.39, 0.29) is 22.9 Å². The van der Waals surface area contributed by atoms with E-state index in [0.29, 0.717) is 5.03 Å². The molecular weight excluding hydrogens is 280 g/mol. The van der Waals surface area contributed by atoms with Crippen LogP contribution >= 0.6 is 23.4 Å². The van der Waals surface area contributed by atoms with Crippen LogP contribution < -0.4 is 0 Å². The van der Waals surface area contributed by atoms with Crippen LogP contribution in [0.25, 0.3) is 0 Å². The van der Waals surface area contributed by atoms with Crippen molar-refractivity contribution < 1.29 is 13.9 Å². The highest BCUT2D eigenvalue weighted by Gasteiger charge is 2.16. The Morgan fingerprint density at radius 2 is 2.22 bits per heavy atom. The second-order valence-corrected chi connectivity index (χ2v) is 4.25. The molecule has 0 N–H and O–H groups in total. The lowest BCUT2D eigenvalue weighted by atomic mass is 10.6. The lowest BCUT2D eigenvalue weighted by Crippen LogP contribution is -2.04. The number of esters is 1. The number of ether oxygens (including phenoxy) is 1. The molecule has 2 heterocycles. The molecular formula is C9H7ClN4O3S. The molecule has 0 aliphatic heterocycles. The second-order valence-electron chi connectivity index (χ2n) is 2.89. The summed E-state index contributed by atoms with van der Waals surface area (Å²) in [6.45, 7) is 1.93. The van der Waals surface area contributed by atoms with Gasteiger partial charge in [-0.15, -0.1) is 15.3 Å². The standard InChI is InChI=1S/C9H7ClN4O3S/c1-2-16-8(15)7-13-14-9(17-7)18-6-4-3-5(10)11-12-6/h3-4H,2H2,1H3. The first-order valence-corrected chi connectivity index (χ1v) is 6.06. The smallest absolute Gasteiger partial charge is 0.396 e. The molecule has 9 heteroatoms. The van der Waals surface area contributed by atoms with Gasteiger partial charge in [0.25, 0.3) is 5.22 Å². The van der Waals surface area contributed by atoms with Gasteiger partial charge in [0.05, 0.1) is 6.61 Å². The average Bonchev–Trinajstić information content (AvgIpc) is 2.81. The van der Waals surface area contributed by atoms with E-state index >= 15 is 0 Å². The predicted molar refractivity (Wildman–Crippen MR) is 61.4 cm³/mol. The van der Waals surface area contributed by atoms with Crippen LogP contribution in [0.1, 0.15) is 17.6 Å². The molecule has 0 saturated carbocycles. The number of hydrogen-bond acceptors (Lipinski definition) is 8. The molecule has 0 fully saturated rings. The lowest BCUT2D eigenvalue weighted by Gasteiger charge is -1.95. The summed E-state index contributed by atoms with van der Waals surface area (Å²) in [4.78, 5) is 11.3. The molecule has 18 heavy (non-hydrogen) atoms. The highest BCUT2D eigenvalue weighted by Crippen LogP contribution is 2.24. The normalized spacial score (nSPS) is 10.3. The summed E-state index contributed by atoms with van der Waals surface area (Å²) in [7, 11) is 0. The number of aromatic nitrogens is 4. The van der Waals surface area contributed by atoms with Crippen LogP contribution in [0.4, 0.5) is 0 Å². The maximum Gasteiger partial charge on any atom is 0.396 e. The molecule has 0 radical (unpaired) electrons. The minimum atomic E-state index is -0.654. The molecule has 0 bridgehead atoms. The van der Waals surface area contributed by atoms with Crippen LogP contribution in [0, 0.1) is 0 Å². The third kappa shape index (κ3) is 3.17. The van der Waals surface area contributed by atoms with E-state index in [9.17, 15) is 4.79 Å². The largest absolute Gasteiger partial charge is 0.459 e. The van der Waals surface area contributed by atoms with Gasteiger partial charge in [0, 0.05) is 0 Å². The molecule has 94 valence electrons. The zero-order valence-corrected chi connectivity index (χ0v) is 10.7. The average molecular weight is 287 g/mol. The lowest BCUT2D eigenvalue weighted by molar-refractivity contribution is 0.0475. The molecule has 7 nitrogen and oxygen atoms in total. The fourth-order valence-electron chi connectivity index (χ4n) is 0.974. The van der Waals surface area contributed by atoms with Crippen molar-refractivity contribution in [1.29, 1.82) is 0 Å². The van der Waals surface area contributed by atoms with E-state index in [1.807, 2.05) is 0 Å². The van der Waals surface area contributed by atoms with Gasteiger partial charge in [0.1, 0.15) is 5.03 Å². The summed E-state index contributed by atoms with van der Waals surface area (Å²) in [5.74, 6) is -0.847. The van der Waals surface area contributed by atoms with Crippen LogP contribution in [0.15, 0.2) is 26.8 Å². The first kappa shape index (κ1) is 12.8. The molecule has 2 rings (SSSR count). The number of nitrogens with zero attached hydrogens (tertiary/aromatic N) is 4. The van der Waals surface area contributed by atoms with Crippen molar-refractivity contribution in [2.45, 2.75) is 17.2 Å². The van der Waals surface area contributed by atoms with E-state index < -0.39 is 5.97 Å². The van der Waals surface area contributed by atoms with Crippen molar-refractivity contribution in [3.05, 3.63) is 23.2 Å². The Labute approximate surface area is 111 Å². The molecule has 0 spiro atoms. The van der Waals surface area contributed by atoms with Gasteiger partial charge in [-0.3, -0.25) is 0 Å². The van der Waals surface area contributed by atoms with Crippen LogP contribution in [0.5, 0.6) is 0 Å². The Balaban J connectivity index is 2.06. The third-order valence-electron chi connectivity index (χ3n) is 1.66. The first-order valence-electron chi connectivity index (χ1n) is 4.86. The molecule has 0 saturated heterocycles. The van der Waals surface area contributed by atoms with Crippen molar-refractivity contribution in [2.75, 3.05) is 6.61 Å². The molecule has 0 aliphatic rings. The predicted octanol–water partition coefficient (Wildman–Crippen LogP) is 1.84. The zero-order valence-electron chi connectivity index (χ0n) is 9.16. The molecule has 2 aromatic rings. The van der Waals surface area contributed by atoms with Crippen molar-refractivity contribution in [3.8, 4) is 0 Å². The Kier molecular flexibility index (Phi) is 4.11. The molecule has 0 aliphatic carbocycles. The molecule has 0 aromatic carbocycles. The topological polar surface area (TPSA) is 91.0 Å². The highest BCUT2D eigenvalue weighted by atomic mass is 35.5. The van der Waals surface area contributed by atoms with Gasteiger partial charge in [0.2, 0.25) is 0 Å². The van der Waals surface area contributed by atoms with Crippen molar-refractivity contribution in [2.24, 2.45) is 0 Å². The summed E-state index contributed by atoms with van der Waals surface area (Å²) in [5.41, 5.74) is 0. The van der Waals surface area contributed by atoms with E-state index in [0.717, 1.165) is 11.8 Å². The molecule has 2 aromatic heterocycles. The van der Waals surface area contributed by atoms with Crippen LogP contribution in [-0.4, -0.2) is 33.0 Å². The maximum absolute atomic E-state index is 11.3. The number of halogens is 1. The molecule has 0 amide bonds. The number of carbonyl (C=O) groups is 1. The van der Waals surface area contributed by atoms with Crippen molar-refractivity contribution in [3.63, 3.8) is 0 Å². The van der Waals surface area contributed by atoms with Gasteiger partial charge in [-0.25, -0.2) is 4.79 Å². The number of rotatable bonds is 4. The van der Waals surface area contributed by atoms with Gasteiger partial charge in [-0.2, -0.15) is 0 Å². The monoisotopic (exact) mass is 286 g/mol. The van der Waals surface area contributed by atoms with Gasteiger partial charge in [0.15, 0.2) is 5.15 Å². The second kappa shape index (κ2) is 5.78. The minimum absolute atomic E-state index is 0.176. The Morgan fingerprint density at radius 3 is 2.89 bits per heavy atom. The highest BCUT2D eigenvalue weighted by molar-refractivity contribution is 7.99. The van der Waals surface area contributed by atoms with Crippen LogP contribution in [0.2, 0.25) is 5.15 Å². The van der Waals surface area contributed by atoms with E-state index in [4.69, 9.17) is 20.8 Å². The summed E-state index contributed by atoms with van der Waals surface area (Å²) >= 11 is 6.67. The molecule has 0 unspecified atom stereocenters. The van der Waals surface area contributed by atoms with Gasteiger partial charge in [-0.05, 0) is 30.8 Å². The summed E-state index contributed by atoms with van der Waals surface area (Å²) in [6.07, 6.45) is 0. The van der Waals surface area contributed by atoms with E-state index in [1.165, 1.54) is 0 Å². The van der Waals surface area contributed by atoms with Crippen LogP contribution in [-0.2, 0) is 4.74 Å². The number of hydrogen-bond donors (Lipinski definition) is 0. The van der Waals surface area contributed by atoms with Gasteiger partial charge >= 0.3 is 11.9 Å². The number of carbonyl (C=O) groups excluding carboxylic acids is 1. The van der Waals surface area contributed by atoms with Crippen molar-refractivity contribution >= 4 is 29.3 Å². The SMILES string of the molecule is CCOC(=O)c1nnc(Sc2ccc(Cl)nn2)o1. The summed E-state index contributed by atoms with van der Waals surface area (Å²) in [5, 5.41) is 15.7. The summed E-state index contributed by atoms with van der Waals surface area (Å²) < 4.78 is 9.81. The fraction of sp³-hybridized carbons (Fsp3) is 0.222. The Hall–Kier alpha value is -1.67. The quantitative estimate of drug-likeness (QED) is 0.786. The third-order valence-corrected chi connectivity index (χ3v) is 2.62. The summed E-state index contributed by atoms with van der Waals surface area (Å²) in [6, 6.07) is 3.23. The van der Waals surface area contributed by atoms with Gasteiger partial charge in [-0.1, -0.05) is 16.7 Å². The Bertz CT molecular complexity index is 545. The minimum Gasteiger partial charge on any atom is -0.459 e. The maximum atomic E-state index is 11.3. The van der Waals surface area contributed by atoms with Crippen LogP contribution in [0.3, 0.4) is 0 Å². The molecule has 0 atom stereocenters. The van der Waals surface area contributed by atoms with Gasteiger partial charge < -0.3 is 9.15 Å². The Morgan fingerprint density at radius 1 is 1.39 bits per heavy atom. The fourth-order valence-corrected chi connectivity index (χ4v) is 1.67. The van der Waals surface area contributed by atoms with E-state index in [2.05, 4.69) is 20.4 Å². The van der Waals surface area contributed by atoms with E-state index in [1.54, 1.807) is 19.1 Å². The first-order chi connectivity index (χ1) is 8.69. The van der Waals surface area contributed by atoms with Crippen molar-refractivity contribution in [1.82, 2.24) is 20.4 Å². The zero-order chi connectivity index (χ0) is 13.0.